The van der Waals surface area contributed by atoms with Crippen molar-refractivity contribution in [1.82, 2.24) is 0 Å². The van der Waals surface area contributed by atoms with Gasteiger partial charge < -0.3 is 4.74 Å². The lowest BCUT2D eigenvalue weighted by Crippen LogP contribution is -1.92. The van der Waals surface area contributed by atoms with Crippen LogP contribution in [0.4, 0.5) is 0 Å². The molecule has 0 unspecified atom stereocenters. The fourth-order valence-electron chi connectivity index (χ4n) is 3.67. The highest BCUT2D eigenvalue weighted by molar-refractivity contribution is 5.88. The molecule has 0 bridgehead atoms. The lowest BCUT2D eigenvalue weighted by atomic mass is 9.97. The standard InChI is InChI=1S/C28H26O/c1-3-5-21-6-7-27-20-26(13-12-25(27)19-21)24-10-8-22(9-11-24)23-14-16-28(17-15-23)29-18-4-2/h4,6-17,19-20H,2-3,5,18H2,1H3. The van der Waals surface area contributed by atoms with Crippen molar-refractivity contribution in [2.75, 3.05) is 6.61 Å². The van der Waals surface area contributed by atoms with E-state index in [4.69, 9.17) is 4.74 Å². The minimum atomic E-state index is 0.527. The molecular weight excluding hydrogens is 352 g/mol. The molecule has 0 aliphatic rings. The SMILES string of the molecule is C=CCOc1ccc(-c2ccc(-c3ccc4cc(CCC)ccc4c3)cc2)cc1. The van der Waals surface area contributed by atoms with E-state index in [0.29, 0.717) is 6.61 Å². The van der Waals surface area contributed by atoms with Crippen molar-refractivity contribution in [1.29, 1.82) is 0 Å². The Hall–Kier alpha value is -3.32. The van der Waals surface area contributed by atoms with Crippen LogP contribution in [-0.4, -0.2) is 6.61 Å². The number of fused-ring (bicyclic) bond motifs is 1. The third kappa shape index (κ3) is 4.41. The molecule has 0 heterocycles. The molecule has 4 aromatic carbocycles. The highest BCUT2D eigenvalue weighted by Crippen LogP contribution is 2.29. The van der Waals surface area contributed by atoms with Crippen LogP contribution in [0.5, 0.6) is 5.75 Å². The summed E-state index contributed by atoms with van der Waals surface area (Å²) in [5.74, 6) is 0.864. The van der Waals surface area contributed by atoms with E-state index in [9.17, 15) is 0 Å². The predicted octanol–water partition coefficient (Wildman–Crippen LogP) is 7.69. The number of aryl methyl sites for hydroxylation is 1. The molecule has 0 saturated carbocycles. The van der Waals surface area contributed by atoms with Crippen LogP contribution >= 0.6 is 0 Å². The van der Waals surface area contributed by atoms with Crippen LogP contribution < -0.4 is 4.74 Å². The van der Waals surface area contributed by atoms with Gasteiger partial charge in [-0.2, -0.15) is 0 Å². The Kier molecular flexibility index (Phi) is 5.76. The molecule has 1 heteroatoms. The summed E-state index contributed by atoms with van der Waals surface area (Å²) in [7, 11) is 0. The average Bonchev–Trinajstić information content (AvgIpc) is 2.78. The van der Waals surface area contributed by atoms with E-state index in [1.165, 1.54) is 45.0 Å². The Morgan fingerprint density at radius 2 is 1.24 bits per heavy atom. The first kappa shape index (κ1) is 19.0. The van der Waals surface area contributed by atoms with Gasteiger partial charge in [-0.05, 0) is 63.2 Å². The topological polar surface area (TPSA) is 9.23 Å². The second kappa shape index (κ2) is 8.79. The lowest BCUT2D eigenvalue weighted by Gasteiger charge is -2.08. The van der Waals surface area contributed by atoms with Gasteiger partial charge in [-0.3, -0.25) is 0 Å². The van der Waals surface area contributed by atoms with Crippen molar-refractivity contribution < 1.29 is 4.74 Å². The normalized spacial score (nSPS) is 10.8. The summed E-state index contributed by atoms with van der Waals surface area (Å²) in [5.41, 5.74) is 6.29. The predicted molar refractivity (Wildman–Crippen MR) is 125 cm³/mol. The smallest absolute Gasteiger partial charge is 0.119 e. The van der Waals surface area contributed by atoms with Crippen LogP contribution in [0.3, 0.4) is 0 Å². The Morgan fingerprint density at radius 1 is 0.690 bits per heavy atom. The Balaban J connectivity index is 1.55. The molecule has 0 aliphatic carbocycles. The molecule has 0 spiro atoms. The third-order valence-electron chi connectivity index (χ3n) is 5.22. The van der Waals surface area contributed by atoms with Crippen LogP contribution in [-0.2, 0) is 6.42 Å². The van der Waals surface area contributed by atoms with Gasteiger partial charge in [0.25, 0.3) is 0 Å². The molecule has 0 atom stereocenters. The first-order valence-electron chi connectivity index (χ1n) is 10.2. The van der Waals surface area contributed by atoms with Gasteiger partial charge in [0.2, 0.25) is 0 Å². The van der Waals surface area contributed by atoms with Gasteiger partial charge >= 0.3 is 0 Å². The molecule has 1 nitrogen and oxygen atoms in total. The number of benzene rings is 4. The molecule has 0 aromatic heterocycles. The van der Waals surface area contributed by atoms with Crippen molar-refractivity contribution >= 4 is 10.8 Å². The summed E-state index contributed by atoms with van der Waals surface area (Å²) in [5, 5.41) is 2.61. The highest BCUT2D eigenvalue weighted by Gasteiger charge is 2.03. The van der Waals surface area contributed by atoms with E-state index in [2.05, 4.69) is 86.3 Å². The van der Waals surface area contributed by atoms with Gasteiger partial charge in [0.1, 0.15) is 12.4 Å². The fourth-order valence-corrected chi connectivity index (χ4v) is 3.67. The minimum Gasteiger partial charge on any atom is -0.490 e. The fraction of sp³-hybridized carbons (Fsp3) is 0.143. The van der Waals surface area contributed by atoms with E-state index >= 15 is 0 Å². The summed E-state index contributed by atoms with van der Waals surface area (Å²) in [6.45, 7) is 6.43. The summed E-state index contributed by atoms with van der Waals surface area (Å²) >= 11 is 0. The Bertz CT molecular complexity index is 1110. The van der Waals surface area contributed by atoms with E-state index < -0.39 is 0 Å². The quantitative estimate of drug-likeness (QED) is 0.299. The van der Waals surface area contributed by atoms with E-state index in [0.717, 1.165) is 12.2 Å². The number of hydrogen-bond donors (Lipinski definition) is 0. The monoisotopic (exact) mass is 378 g/mol. The maximum atomic E-state index is 5.56. The zero-order valence-corrected chi connectivity index (χ0v) is 16.9. The van der Waals surface area contributed by atoms with Gasteiger partial charge in [0.15, 0.2) is 0 Å². The Labute approximate surface area is 173 Å². The molecule has 0 aliphatic heterocycles. The van der Waals surface area contributed by atoms with Gasteiger partial charge in [0, 0.05) is 0 Å². The van der Waals surface area contributed by atoms with Crippen molar-refractivity contribution in [3.8, 4) is 28.0 Å². The molecule has 29 heavy (non-hydrogen) atoms. The van der Waals surface area contributed by atoms with E-state index in [-0.39, 0.29) is 0 Å². The maximum absolute atomic E-state index is 5.56. The molecule has 4 aromatic rings. The van der Waals surface area contributed by atoms with Crippen LogP contribution in [0, 0.1) is 0 Å². The highest BCUT2D eigenvalue weighted by atomic mass is 16.5. The summed E-state index contributed by atoms with van der Waals surface area (Å²) in [4.78, 5) is 0. The van der Waals surface area contributed by atoms with Crippen molar-refractivity contribution in [2.24, 2.45) is 0 Å². The molecule has 4 rings (SSSR count). The van der Waals surface area contributed by atoms with E-state index in [1.807, 2.05) is 12.1 Å². The van der Waals surface area contributed by atoms with Crippen LogP contribution in [0.15, 0.2) is 97.6 Å². The molecule has 144 valence electrons. The zero-order valence-electron chi connectivity index (χ0n) is 16.9. The zero-order chi connectivity index (χ0) is 20.1. The van der Waals surface area contributed by atoms with Crippen molar-refractivity contribution in [3.63, 3.8) is 0 Å². The first-order chi connectivity index (χ1) is 14.3. The van der Waals surface area contributed by atoms with Crippen molar-refractivity contribution in [3.05, 3.63) is 103 Å². The van der Waals surface area contributed by atoms with Gasteiger partial charge in [0.05, 0.1) is 0 Å². The second-order valence-electron chi connectivity index (χ2n) is 7.35. The summed E-state index contributed by atoms with van der Waals surface area (Å²) < 4.78 is 5.56. The molecule has 0 N–H and O–H groups in total. The number of rotatable bonds is 7. The summed E-state index contributed by atoms with van der Waals surface area (Å²) in [6.07, 6.45) is 4.07. The summed E-state index contributed by atoms with van der Waals surface area (Å²) in [6, 6.07) is 30.5. The lowest BCUT2D eigenvalue weighted by molar-refractivity contribution is 0.363. The number of hydrogen-bond acceptors (Lipinski definition) is 1. The van der Waals surface area contributed by atoms with Crippen LogP contribution in [0.25, 0.3) is 33.0 Å². The van der Waals surface area contributed by atoms with Gasteiger partial charge in [-0.1, -0.05) is 92.7 Å². The number of ether oxygens (including phenoxy) is 1. The Morgan fingerprint density at radius 3 is 1.90 bits per heavy atom. The van der Waals surface area contributed by atoms with E-state index in [1.54, 1.807) is 6.08 Å². The average molecular weight is 379 g/mol. The molecule has 0 fully saturated rings. The maximum Gasteiger partial charge on any atom is 0.119 e. The third-order valence-corrected chi connectivity index (χ3v) is 5.22. The molecular formula is C28H26O. The first-order valence-corrected chi connectivity index (χ1v) is 10.2. The molecule has 0 saturated heterocycles. The van der Waals surface area contributed by atoms with Crippen molar-refractivity contribution in [2.45, 2.75) is 19.8 Å². The second-order valence-corrected chi connectivity index (χ2v) is 7.35. The van der Waals surface area contributed by atoms with Gasteiger partial charge in [-0.25, -0.2) is 0 Å². The largest absolute Gasteiger partial charge is 0.490 e. The van der Waals surface area contributed by atoms with Gasteiger partial charge in [-0.15, -0.1) is 0 Å². The molecule has 0 radical (unpaired) electrons. The minimum absolute atomic E-state index is 0.527. The molecule has 0 amide bonds. The van der Waals surface area contributed by atoms with Crippen LogP contribution in [0.1, 0.15) is 18.9 Å². The van der Waals surface area contributed by atoms with Crippen LogP contribution in [0.2, 0.25) is 0 Å².